The molecule has 0 radical (unpaired) electrons. The van der Waals surface area contributed by atoms with Crippen molar-refractivity contribution in [1.82, 2.24) is 4.90 Å². The number of amides is 1. The van der Waals surface area contributed by atoms with Crippen LogP contribution in [0.4, 0.5) is 4.79 Å². The van der Waals surface area contributed by atoms with Crippen LogP contribution in [0.3, 0.4) is 0 Å². The van der Waals surface area contributed by atoms with Gasteiger partial charge in [-0.15, -0.1) is 0 Å². The van der Waals surface area contributed by atoms with Crippen molar-refractivity contribution in [3.05, 3.63) is 0 Å². The molecule has 1 rings (SSSR count). The largest absolute Gasteiger partial charge is 0.464 e. The van der Waals surface area contributed by atoms with Crippen LogP contribution in [0.5, 0.6) is 0 Å². The quantitative estimate of drug-likeness (QED) is 0.551. The molecule has 0 aromatic heterocycles. The average Bonchev–Trinajstić information content (AvgIpc) is 2.79. The molecule has 0 aromatic rings. The van der Waals surface area contributed by atoms with Crippen molar-refractivity contribution < 1.29 is 23.5 Å². The highest BCUT2D eigenvalue weighted by atomic mass is 28.4. The van der Waals surface area contributed by atoms with Gasteiger partial charge in [-0.25, -0.2) is 9.59 Å². The topological polar surface area (TPSA) is 65.1 Å². The minimum atomic E-state index is -1.99. The van der Waals surface area contributed by atoms with E-state index in [2.05, 4.69) is 33.9 Å². The fourth-order valence-corrected chi connectivity index (χ4v) is 3.82. The predicted molar refractivity (Wildman–Crippen MR) is 100 cm³/mol. The van der Waals surface area contributed by atoms with Crippen LogP contribution < -0.4 is 0 Å². The molecular weight excluding hydrogens is 338 g/mol. The molecule has 0 aliphatic carbocycles. The second-order valence-corrected chi connectivity index (χ2v) is 13.9. The Bertz CT molecular complexity index is 493. The molecule has 7 heteroatoms. The Morgan fingerprint density at radius 3 is 2.12 bits per heavy atom. The van der Waals surface area contributed by atoms with Crippen LogP contribution >= 0.6 is 0 Å². The summed E-state index contributed by atoms with van der Waals surface area (Å²) in [5.74, 6) is -0.394. The van der Waals surface area contributed by atoms with Crippen molar-refractivity contribution in [3.8, 4) is 0 Å². The van der Waals surface area contributed by atoms with Crippen LogP contribution in [0.2, 0.25) is 18.1 Å². The number of ether oxygens (including phenoxy) is 2. The fraction of sp³-hybridized carbons (Fsp3) is 0.889. The molecule has 0 bridgehead atoms. The van der Waals surface area contributed by atoms with Crippen molar-refractivity contribution in [2.45, 2.75) is 90.8 Å². The van der Waals surface area contributed by atoms with E-state index in [1.165, 1.54) is 4.90 Å². The number of carbonyl (C=O) groups excluding carboxylic acids is 2. The molecular formula is C18H35NO5Si. The molecule has 6 nitrogen and oxygen atoms in total. The van der Waals surface area contributed by atoms with Gasteiger partial charge in [0.1, 0.15) is 11.6 Å². The van der Waals surface area contributed by atoms with E-state index in [0.717, 1.165) is 0 Å². The lowest BCUT2D eigenvalue weighted by molar-refractivity contribution is -0.148. The summed E-state index contributed by atoms with van der Waals surface area (Å²) in [5.41, 5.74) is -0.616. The lowest BCUT2D eigenvalue weighted by atomic mass is 10.2. The van der Waals surface area contributed by atoms with Crippen molar-refractivity contribution in [2.75, 3.05) is 13.2 Å². The van der Waals surface area contributed by atoms with Crippen LogP contribution in [0.15, 0.2) is 0 Å². The molecule has 1 fully saturated rings. The van der Waals surface area contributed by atoms with Gasteiger partial charge in [-0.3, -0.25) is 4.90 Å². The van der Waals surface area contributed by atoms with Crippen LogP contribution in [0.1, 0.15) is 54.9 Å². The number of hydrogen-bond acceptors (Lipinski definition) is 5. The first-order chi connectivity index (χ1) is 11.2. The molecule has 1 saturated heterocycles. The Balaban J connectivity index is 2.94. The molecule has 25 heavy (non-hydrogen) atoms. The van der Waals surface area contributed by atoms with E-state index in [9.17, 15) is 9.59 Å². The lowest BCUT2D eigenvalue weighted by Gasteiger charge is -2.38. The minimum absolute atomic E-state index is 0.0613. The van der Waals surface area contributed by atoms with Crippen molar-refractivity contribution in [2.24, 2.45) is 0 Å². The lowest BCUT2D eigenvalue weighted by Crippen LogP contribution is -2.45. The van der Waals surface area contributed by atoms with Crippen LogP contribution in [0, 0.1) is 0 Å². The van der Waals surface area contributed by atoms with Crippen molar-refractivity contribution in [3.63, 3.8) is 0 Å². The first-order valence-electron chi connectivity index (χ1n) is 9.02. The minimum Gasteiger partial charge on any atom is -0.464 e. The summed E-state index contributed by atoms with van der Waals surface area (Å²) < 4.78 is 17.0. The zero-order chi connectivity index (χ0) is 19.6. The fourth-order valence-electron chi connectivity index (χ4n) is 2.46. The monoisotopic (exact) mass is 373 g/mol. The summed E-state index contributed by atoms with van der Waals surface area (Å²) >= 11 is 0. The normalized spacial score (nSPS) is 22.0. The molecule has 1 aliphatic heterocycles. The van der Waals surface area contributed by atoms with Gasteiger partial charge in [0.25, 0.3) is 0 Å². The Hall–Kier alpha value is -1.08. The predicted octanol–water partition coefficient (Wildman–Crippen LogP) is 3.95. The zero-order valence-corrected chi connectivity index (χ0v) is 18.3. The number of likely N-dealkylation sites (tertiary alicyclic amines) is 1. The smallest absolute Gasteiger partial charge is 0.411 e. The van der Waals surface area contributed by atoms with Crippen LogP contribution in [0.25, 0.3) is 0 Å². The molecule has 0 aromatic carbocycles. The summed E-state index contributed by atoms with van der Waals surface area (Å²) in [5, 5.41) is 0.0613. The molecule has 2 atom stereocenters. The first kappa shape index (κ1) is 22.0. The number of hydrogen-bond donors (Lipinski definition) is 0. The summed E-state index contributed by atoms with van der Waals surface area (Å²) in [6, 6.07) is -0.649. The van der Waals surface area contributed by atoms with Gasteiger partial charge in [0, 0.05) is 13.0 Å². The highest BCUT2D eigenvalue weighted by molar-refractivity contribution is 6.74. The van der Waals surface area contributed by atoms with E-state index in [4.69, 9.17) is 13.9 Å². The van der Waals surface area contributed by atoms with E-state index in [-0.39, 0.29) is 17.7 Å². The summed E-state index contributed by atoms with van der Waals surface area (Å²) in [6.45, 7) is 18.7. The van der Waals surface area contributed by atoms with Gasteiger partial charge in [-0.2, -0.15) is 0 Å². The summed E-state index contributed by atoms with van der Waals surface area (Å²) in [6.07, 6.45) is -0.223. The van der Waals surface area contributed by atoms with E-state index in [0.29, 0.717) is 13.0 Å². The van der Waals surface area contributed by atoms with E-state index < -0.39 is 32.0 Å². The van der Waals surface area contributed by atoms with Crippen molar-refractivity contribution >= 4 is 20.4 Å². The third kappa shape index (κ3) is 5.99. The standard InChI is InChI=1S/C18H35NO5Si/c1-10-22-15(20)14-11-13(24-25(8,9)18(5,6)7)12-19(14)16(21)23-17(2,3)4/h13-14H,10-12H2,1-9H3/t13-,14+/m0/s1. The SMILES string of the molecule is CCOC(=O)[C@H]1C[C@H](O[Si](C)(C)C(C)(C)C)CN1C(=O)OC(C)(C)C. The molecule has 0 N–H and O–H groups in total. The number of carbonyl (C=O) groups is 2. The summed E-state index contributed by atoms with van der Waals surface area (Å²) in [4.78, 5) is 26.3. The van der Waals surface area contributed by atoms with Gasteiger partial charge in [0.2, 0.25) is 0 Å². The molecule has 0 unspecified atom stereocenters. The van der Waals surface area contributed by atoms with Gasteiger partial charge in [-0.05, 0) is 45.8 Å². The Kier molecular flexibility index (Phi) is 6.73. The third-order valence-electron chi connectivity index (χ3n) is 4.72. The maximum atomic E-state index is 12.5. The van der Waals surface area contributed by atoms with Gasteiger partial charge < -0.3 is 13.9 Å². The second kappa shape index (κ2) is 7.66. The van der Waals surface area contributed by atoms with Gasteiger partial charge >= 0.3 is 12.1 Å². The van der Waals surface area contributed by atoms with Crippen LogP contribution in [-0.2, 0) is 18.7 Å². The highest BCUT2D eigenvalue weighted by Crippen LogP contribution is 2.39. The third-order valence-corrected chi connectivity index (χ3v) is 9.25. The summed E-state index contributed by atoms with van der Waals surface area (Å²) in [7, 11) is -1.99. The molecule has 146 valence electrons. The zero-order valence-electron chi connectivity index (χ0n) is 17.3. The maximum absolute atomic E-state index is 12.5. The molecule has 1 aliphatic rings. The number of rotatable bonds is 4. The van der Waals surface area contributed by atoms with Gasteiger partial charge in [0.05, 0.1) is 12.7 Å². The maximum Gasteiger partial charge on any atom is 0.411 e. The average molecular weight is 374 g/mol. The Morgan fingerprint density at radius 2 is 1.68 bits per heavy atom. The van der Waals surface area contributed by atoms with Crippen molar-refractivity contribution in [1.29, 1.82) is 0 Å². The Morgan fingerprint density at radius 1 is 1.12 bits per heavy atom. The Labute approximate surface area is 153 Å². The number of nitrogens with zero attached hydrogens (tertiary/aromatic N) is 1. The second-order valence-electron chi connectivity index (χ2n) is 9.14. The molecule has 1 amide bonds. The van der Waals surface area contributed by atoms with Gasteiger partial charge in [-0.1, -0.05) is 20.8 Å². The highest BCUT2D eigenvalue weighted by Gasteiger charge is 2.47. The molecule has 1 heterocycles. The van der Waals surface area contributed by atoms with E-state index in [1.807, 2.05) is 20.8 Å². The first-order valence-corrected chi connectivity index (χ1v) is 11.9. The molecule has 0 spiro atoms. The van der Waals surface area contributed by atoms with Crippen LogP contribution in [-0.4, -0.2) is 56.2 Å². The molecule has 0 saturated carbocycles. The van der Waals surface area contributed by atoms with Gasteiger partial charge in [0.15, 0.2) is 8.32 Å². The van der Waals surface area contributed by atoms with E-state index in [1.54, 1.807) is 6.92 Å². The number of esters is 1. The van der Waals surface area contributed by atoms with E-state index >= 15 is 0 Å².